The predicted octanol–water partition coefficient (Wildman–Crippen LogP) is 2.76. The van der Waals surface area contributed by atoms with E-state index in [1.807, 2.05) is 6.07 Å². The Morgan fingerprint density at radius 3 is 2.63 bits per heavy atom. The van der Waals surface area contributed by atoms with Gasteiger partial charge in [-0.15, -0.1) is 0 Å². The van der Waals surface area contributed by atoms with Gasteiger partial charge in [-0.3, -0.25) is 4.79 Å². The van der Waals surface area contributed by atoms with E-state index in [1.165, 1.54) is 10.9 Å². The van der Waals surface area contributed by atoms with Crippen LogP contribution in [0.5, 0.6) is 0 Å². The van der Waals surface area contributed by atoms with Crippen LogP contribution in [0.4, 0.5) is 0 Å². The molecule has 1 N–H and O–H groups in total. The first-order chi connectivity index (χ1) is 8.90. The topological polar surface area (TPSA) is 72.2 Å². The van der Waals surface area contributed by atoms with Gasteiger partial charge in [-0.25, -0.2) is 9.48 Å². The second-order valence-corrected chi connectivity index (χ2v) is 5.61. The first kappa shape index (κ1) is 14.0. The number of carboxylic acids is 1. The zero-order chi connectivity index (χ0) is 14.2. The standard InChI is InChI=1S/C12H8Br2N2O3/c1-6-5-16(15-10(11(6)17)12(18)19)9-3-2-7(13)4-8(9)14/h2-5H,1H3,(H,18,19). The normalized spacial score (nSPS) is 10.5. The van der Waals surface area contributed by atoms with Gasteiger partial charge in [0.15, 0.2) is 0 Å². The third kappa shape index (κ3) is 2.76. The SMILES string of the molecule is Cc1cn(-c2ccc(Br)cc2Br)nc(C(=O)O)c1=O. The molecule has 1 heterocycles. The van der Waals surface area contributed by atoms with Crippen molar-refractivity contribution in [2.45, 2.75) is 6.92 Å². The summed E-state index contributed by atoms with van der Waals surface area (Å²) < 4.78 is 2.98. The number of carbonyl (C=O) groups is 1. The van der Waals surface area contributed by atoms with Crippen molar-refractivity contribution in [2.75, 3.05) is 0 Å². The minimum atomic E-state index is -1.34. The Bertz CT molecular complexity index is 725. The van der Waals surface area contributed by atoms with Crippen molar-refractivity contribution in [3.8, 4) is 5.69 Å². The number of hydrogen-bond donors (Lipinski definition) is 1. The molecule has 0 aliphatic heterocycles. The molecule has 0 atom stereocenters. The van der Waals surface area contributed by atoms with E-state index in [2.05, 4.69) is 37.0 Å². The van der Waals surface area contributed by atoms with Crippen molar-refractivity contribution in [3.63, 3.8) is 0 Å². The average molecular weight is 388 g/mol. The molecule has 2 aromatic rings. The van der Waals surface area contributed by atoms with Gasteiger partial charge in [-0.1, -0.05) is 15.9 Å². The van der Waals surface area contributed by atoms with Crippen LogP contribution in [0.2, 0.25) is 0 Å². The van der Waals surface area contributed by atoms with Gasteiger partial charge in [0.1, 0.15) is 0 Å². The lowest BCUT2D eigenvalue weighted by molar-refractivity contribution is 0.0686. The molecular formula is C12H8Br2N2O3. The lowest BCUT2D eigenvalue weighted by atomic mass is 10.2. The van der Waals surface area contributed by atoms with E-state index in [1.54, 1.807) is 19.1 Å². The molecule has 2 rings (SSSR count). The summed E-state index contributed by atoms with van der Waals surface area (Å²) in [7, 11) is 0. The van der Waals surface area contributed by atoms with Crippen LogP contribution < -0.4 is 5.43 Å². The van der Waals surface area contributed by atoms with Crippen molar-refractivity contribution in [1.82, 2.24) is 9.78 Å². The molecule has 0 aliphatic rings. The van der Waals surface area contributed by atoms with E-state index in [0.717, 1.165) is 8.95 Å². The monoisotopic (exact) mass is 386 g/mol. The van der Waals surface area contributed by atoms with E-state index in [-0.39, 0.29) is 0 Å². The van der Waals surface area contributed by atoms with Gasteiger partial charge < -0.3 is 5.11 Å². The number of nitrogens with zero attached hydrogens (tertiary/aromatic N) is 2. The third-order valence-corrected chi connectivity index (χ3v) is 3.58. The van der Waals surface area contributed by atoms with Crippen LogP contribution in [0.1, 0.15) is 16.1 Å². The zero-order valence-corrected chi connectivity index (χ0v) is 12.9. The molecular weight excluding hydrogens is 380 g/mol. The molecule has 0 saturated carbocycles. The Morgan fingerprint density at radius 2 is 2.05 bits per heavy atom. The number of carboxylic acid groups (broad SMARTS) is 1. The van der Waals surface area contributed by atoms with Crippen LogP contribution in [0.15, 0.2) is 38.1 Å². The first-order valence-electron chi connectivity index (χ1n) is 5.19. The van der Waals surface area contributed by atoms with Gasteiger partial charge in [0, 0.05) is 20.7 Å². The Labute approximate surface area is 125 Å². The molecule has 1 aromatic carbocycles. The zero-order valence-electron chi connectivity index (χ0n) is 9.72. The van der Waals surface area contributed by atoms with Crippen LogP contribution in [0, 0.1) is 6.92 Å². The smallest absolute Gasteiger partial charge is 0.360 e. The first-order valence-corrected chi connectivity index (χ1v) is 6.78. The van der Waals surface area contributed by atoms with Crippen LogP contribution in [-0.4, -0.2) is 20.9 Å². The molecule has 0 saturated heterocycles. The summed E-state index contributed by atoms with van der Waals surface area (Å²) in [5.74, 6) is -1.34. The average Bonchev–Trinajstić information content (AvgIpc) is 2.32. The van der Waals surface area contributed by atoms with Crippen LogP contribution >= 0.6 is 31.9 Å². The molecule has 98 valence electrons. The molecule has 0 bridgehead atoms. The molecule has 1 aromatic heterocycles. The number of hydrogen-bond acceptors (Lipinski definition) is 3. The van der Waals surface area contributed by atoms with Gasteiger partial charge in [0.2, 0.25) is 11.1 Å². The van der Waals surface area contributed by atoms with Gasteiger partial charge in [-0.2, -0.15) is 5.10 Å². The second-order valence-electron chi connectivity index (χ2n) is 3.84. The lowest BCUT2D eigenvalue weighted by Crippen LogP contribution is -2.23. The van der Waals surface area contributed by atoms with E-state index in [4.69, 9.17) is 5.11 Å². The lowest BCUT2D eigenvalue weighted by Gasteiger charge is -2.09. The van der Waals surface area contributed by atoms with Crippen molar-refractivity contribution >= 4 is 37.8 Å². The maximum absolute atomic E-state index is 11.7. The maximum atomic E-state index is 11.7. The number of benzene rings is 1. The molecule has 19 heavy (non-hydrogen) atoms. The summed E-state index contributed by atoms with van der Waals surface area (Å²) in [6, 6.07) is 5.37. The van der Waals surface area contributed by atoms with E-state index >= 15 is 0 Å². The minimum Gasteiger partial charge on any atom is -0.476 e. The summed E-state index contributed by atoms with van der Waals surface area (Å²) in [6.45, 7) is 1.56. The summed E-state index contributed by atoms with van der Waals surface area (Å²) in [5, 5.41) is 12.8. The Balaban J connectivity index is 2.70. The Morgan fingerprint density at radius 1 is 1.37 bits per heavy atom. The summed E-state index contributed by atoms with van der Waals surface area (Å²) >= 11 is 6.70. The van der Waals surface area contributed by atoms with Crippen molar-refractivity contribution in [2.24, 2.45) is 0 Å². The molecule has 0 unspecified atom stereocenters. The van der Waals surface area contributed by atoms with Crippen molar-refractivity contribution in [1.29, 1.82) is 0 Å². The van der Waals surface area contributed by atoms with Crippen LogP contribution in [0.25, 0.3) is 5.69 Å². The van der Waals surface area contributed by atoms with Gasteiger partial charge >= 0.3 is 5.97 Å². The number of rotatable bonds is 2. The molecule has 0 radical (unpaired) electrons. The number of halogens is 2. The van der Waals surface area contributed by atoms with Crippen LogP contribution in [0.3, 0.4) is 0 Å². The molecule has 0 fully saturated rings. The fourth-order valence-corrected chi connectivity index (χ4v) is 2.77. The predicted molar refractivity (Wildman–Crippen MR) is 76.9 cm³/mol. The Kier molecular flexibility index (Phi) is 3.86. The third-order valence-electron chi connectivity index (χ3n) is 2.46. The fraction of sp³-hybridized carbons (Fsp3) is 0.0833. The highest BCUT2D eigenvalue weighted by molar-refractivity contribution is 9.11. The highest BCUT2D eigenvalue weighted by atomic mass is 79.9. The van der Waals surface area contributed by atoms with E-state index < -0.39 is 17.1 Å². The maximum Gasteiger partial charge on any atom is 0.360 e. The quantitative estimate of drug-likeness (QED) is 0.859. The van der Waals surface area contributed by atoms with Crippen molar-refractivity contribution < 1.29 is 9.90 Å². The summed E-state index contributed by atoms with van der Waals surface area (Å²) in [5.41, 5.74) is -0.0946. The number of aromatic nitrogens is 2. The minimum absolute atomic E-state index is 0.321. The van der Waals surface area contributed by atoms with E-state index in [0.29, 0.717) is 11.3 Å². The summed E-state index contributed by atoms with van der Waals surface area (Å²) in [6.07, 6.45) is 1.50. The van der Waals surface area contributed by atoms with Crippen molar-refractivity contribution in [3.05, 3.63) is 54.8 Å². The summed E-state index contributed by atoms with van der Waals surface area (Å²) in [4.78, 5) is 22.7. The number of aromatic carboxylic acids is 1. The largest absolute Gasteiger partial charge is 0.476 e. The molecule has 0 spiro atoms. The van der Waals surface area contributed by atoms with Gasteiger partial charge in [0.25, 0.3) is 0 Å². The molecule has 0 amide bonds. The highest BCUT2D eigenvalue weighted by Gasteiger charge is 2.15. The van der Waals surface area contributed by atoms with Gasteiger partial charge in [0.05, 0.1) is 5.69 Å². The Hall–Kier alpha value is -1.47. The fourth-order valence-electron chi connectivity index (χ4n) is 1.54. The molecule has 0 aliphatic carbocycles. The number of aryl methyl sites for hydroxylation is 1. The highest BCUT2D eigenvalue weighted by Crippen LogP contribution is 2.24. The van der Waals surface area contributed by atoms with E-state index in [9.17, 15) is 9.59 Å². The van der Waals surface area contributed by atoms with Gasteiger partial charge in [-0.05, 0) is 41.1 Å². The van der Waals surface area contributed by atoms with Crippen LogP contribution in [-0.2, 0) is 0 Å². The second kappa shape index (κ2) is 5.26. The molecule has 7 heteroatoms. The molecule has 5 nitrogen and oxygen atoms in total.